The Labute approximate surface area is 121 Å². The average Bonchev–Trinajstić information content (AvgIpc) is 2.41. The molecule has 2 aromatic rings. The Morgan fingerprint density at radius 3 is 1.32 bits per heavy atom. The fraction of sp³-hybridized carbons (Fsp3) is 0. The van der Waals surface area contributed by atoms with Crippen molar-refractivity contribution in [3.05, 3.63) is 60.2 Å². The molecule has 0 atom stereocenters. The number of carboxylic acids is 2. The minimum atomic E-state index is -1.24. The molecule has 0 spiro atoms. The predicted molar refractivity (Wildman–Crippen MR) is 57.1 cm³/mol. The molecule has 7 heteroatoms. The van der Waals surface area contributed by atoms with Crippen LogP contribution in [-0.2, 0) is 18.6 Å². The quantitative estimate of drug-likeness (QED) is 0.695. The van der Waals surface area contributed by atoms with Crippen LogP contribution in [0.4, 0.5) is 0 Å². The maximum Gasteiger partial charge on any atom is 2.00 e. The van der Waals surface area contributed by atoms with Crippen molar-refractivity contribution in [1.29, 1.82) is 0 Å². The van der Waals surface area contributed by atoms with Gasteiger partial charge in [0.05, 0.1) is 23.3 Å². The van der Waals surface area contributed by atoms with Crippen LogP contribution in [0.2, 0.25) is 0 Å². The molecule has 0 unspecified atom stereocenters. The first-order valence-electron chi connectivity index (χ1n) is 4.86. The molecule has 0 saturated heterocycles. The minimum Gasteiger partial charge on any atom is -0.543 e. The van der Waals surface area contributed by atoms with E-state index in [-0.39, 0.29) is 29.9 Å². The summed E-state index contributed by atoms with van der Waals surface area (Å²) in [6, 6.07) is 9.25. The van der Waals surface area contributed by atoms with E-state index in [9.17, 15) is 19.8 Å². The van der Waals surface area contributed by atoms with Crippen molar-refractivity contribution in [2.75, 3.05) is 0 Å². The van der Waals surface area contributed by atoms with Gasteiger partial charge in [0.15, 0.2) is 0 Å². The van der Waals surface area contributed by atoms with Gasteiger partial charge in [-0.15, -0.1) is 0 Å². The van der Waals surface area contributed by atoms with E-state index in [0.29, 0.717) is 0 Å². The molecule has 0 saturated carbocycles. The molecule has 2 aromatic heterocycles. The third-order valence-corrected chi connectivity index (χ3v) is 1.75. The van der Waals surface area contributed by atoms with Gasteiger partial charge in [0.2, 0.25) is 0 Å². The van der Waals surface area contributed by atoms with Crippen molar-refractivity contribution in [3.63, 3.8) is 0 Å². The van der Waals surface area contributed by atoms with Gasteiger partial charge >= 0.3 is 18.6 Å². The molecular formula is C12H8N2O4V. The second-order valence-corrected chi connectivity index (χ2v) is 3.00. The van der Waals surface area contributed by atoms with Crippen molar-refractivity contribution in [2.24, 2.45) is 0 Å². The molecule has 2 heterocycles. The SMILES string of the molecule is O=C([O-])c1ccccn1.O=C([O-])c1ccccn1.[V+2]. The number of rotatable bonds is 2. The van der Waals surface area contributed by atoms with Crippen LogP contribution in [0.5, 0.6) is 0 Å². The topological polar surface area (TPSA) is 106 Å². The summed E-state index contributed by atoms with van der Waals surface area (Å²) in [5, 5.41) is 20.1. The molecule has 95 valence electrons. The molecule has 0 N–H and O–H groups in total. The molecular weight excluding hydrogens is 287 g/mol. The van der Waals surface area contributed by atoms with Gasteiger partial charge < -0.3 is 19.8 Å². The molecule has 0 aliphatic heterocycles. The van der Waals surface area contributed by atoms with E-state index < -0.39 is 11.9 Å². The molecule has 0 bridgehead atoms. The van der Waals surface area contributed by atoms with E-state index in [4.69, 9.17) is 0 Å². The summed E-state index contributed by atoms with van der Waals surface area (Å²) in [5.41, 5.74) is -0.0602. The van der Waals surface area contributed by atoms with Crippen LogP contribution >= 0.6 is 0 Å². The Bertz CT molecular complexity index is 470. The van der Waals surface area contributed by atoms with Gasteiger partial charge in [-0.05, 0) is 24.3 Å². The molecule has 0 aliphatic carbocycles. The monoisotopic (exact) mass is 295 g/mol. The van der Waals surface area contributed by atoms with E-state index in [1.165, 1.54) is 24.5 Å². The van der Waals surface area contributed by atoms with Crippen LogP contribution in [0.1, 0.15) is 21.0 Å². The minimum absolute atomic E-state index is 0. The van der Waals surface area contributed by atoms with Crippen molar-refractivity contribution in [3.8, 4) is 0 Å². The molecule has 1 radical (unpaired) electrons. The Balaban J connectivity index is 0.000000324. The van der Waals surface area contributed by atoms with E-state index in [2.05, 4.69) is 9.97 Å². The van der Waals surface area contributed by atoms with E-state index >= 15 is 0 Å². The number of aromatic carboxylic acids is 2. The average molecular weight is 295 g/mol. The zero-order valence-corrected chi connectivity index (χ0v) is 11.0. The van der Waals surface area contributed by atoms with Crippen molar-refractivity contribution in [2.45, 2.75) is 0 Å². The fourth-order valence-corrected chi connectivity index (χ4v) is 0.967. The van der Waals surface area contributed by atoms with Gasteiger partial charge in [-0.3, -0.25) is 9.97 Å². The largest absolute Gasteiger partial charge is 2.00 e. The number of nitrogens with zero attached hydrogens (tertiary/aromatic N) is 2. The normalized spacial score (nSPS) is 8.42. The third kappa shape index (κ3) is 6.35. The fourth-order valence-electron chi connectivity index (χ4n) is 0.967. The zero-order chi connectivity index (χ0) is 13.4. The third-order valence-electron chi connectivity index (χ3n) is 1.75. The van der Waals surface area contributed by atoms with Crippen LogP contribution in [0.3, 0.4) is 0 Å². The second-order valence-electron chi connectivity index (χ2n) is 3.00. The van der Waals surface area contributed by atoms with Crippen molar-refractivity contribution >= 4 is 11.9 Å². The summed E-state index contributed by atoms with van der Waals surface area (Å²) < 4.78 is 0. The molecule has 19 heavy (non-hydrogen) atoms. The number of aromatic nitrogens is 2. The number of carbonyl (C=O) groups excluding carboxylic acids is 2. The van der Waals surface area contributed by atoms with Gasteiger partial charge in [-0.1, -0.05) is 12.1 Å². The Morgan fingerprint density at radius 2 is 1.16 bits per heavy atom. The van der Waals surface area contributed by atoms with Gasteiger partial charge in [0.25, 0.3) is 0 Å². The van der Waals surface area contributed by atoms with E-state index in [1.54, 1.807) is 24.3 Å². The van der Waals surface area contributed by atoms with Crippen LogP contribution in [0.15, 0.2) is 48.8 Å². The van der Waals surface area contributed by atoms with Crippen molar-refractivity contribution < 1.29 is 38.4 Å². The summed E-state index contributed by atoms with van der Waals surface area (Å²) in [7, 11) is 0. The van der Waals surface area contributed by atoms with Gasteiger partial charge in [0, 0.05) is 12.4 Å². The first-order chi connectivity index (χ1) is 8.61. The smallest absolute Gasteiger partial charge is 0.543 e. The van der Waals surface area contributed by atoms with Gasteiger partial charge in [-0.2, -0.15) is 0 Å². The zero-order valence-electron chi connectivity index (χ0n) is 9.59. The van der Waals surface area contributed by atoms with Crippen LogP contribution in [-0.4, -0.2) is 21.9 Å². The Kier molecular flexibility index (Phi) is 7.84. The number of hydrogen-bond acceptors (Lipinski definition) is 6. The molecule has 6 nitrogen and oxygen atoms in total. The summed E-state index contributed by atoms with van der Waals surface area (Å²) in [4.78, 5) is 27.1. The first-order valence-corrected chi connectivity index (χ1v) is 4.86. The number of pyridine rings is 2. The molecule has 0 aromatic carbocycles. The molecule has 0 aliphatic rings. The van der Waals surface area contributed by atoms with Gasteiger partial charge in [0.1, 0.15) is 0 Å². The maximum absolute atomic E-state index is 10.0. The number of carboxylic acid groups (broad SMARTS) is 2. The standard InChI is InChI=1S/2C6H5NO2.V/c2*8-6(9)5-3-1-2-4-7-5;/h2*1-4H,(H,8,9);/q;;+2/p-2. The Hall–Kier alpha value is -2.18. The van der Waals surface area contributed by atoms with E-state index in [0.717, 1.165) is 0 Å². The van der Waals surface area contributed by atoms with Crippen molar-refractivity contribution in [1.82, 2.24) is 9.97 Å². The summed E-state index contributed by atoms with van der Waals surface area (Å²) in [6.07, 6.45) is 2.82. The second kappa shape index (κ2) is 8.85. The Morgan fingerprint density at radius 1 is 0.789 bits per heavy atom. The molecule has 2 rings (SSSR count). The maximum atomic E-state index is 10.0. The molecule has 0 fully saturated rings. The van der Waals surface area contributed by atoms with Crippen LogP contribution < -0.4 is 10.2 Å². The summed E-state index contributed by atoms with van der Waals surface area (Å²) in [5.74, 6) is -2.48. The summed E-state index contributed by atoms with van der Waals surface area (Å²) in [6.45, 7) is 0. The van der Waals surface area contributed by atoms with E-state index in [1.807, 2.05) is 0 Å². The van der Waals surface area contributed by atoms with Crippen LogP contribution in [0.25, 0.3) is 0 Å². The number of carbonyl (C=O) groups is 2. The van der Waals surface area contributed by atoms with Gasteiger partial charge in [-0.25, -0.2) is 0 Å². The van der Waals surface area contributed by atoms with Crippen LogP contribution in [0, 0.1) is 0 Å². The molecule has 0 amide bonds. The predicted octanol–water partition coefficient (Wildman–Crippen LogP) is -1.11. The first kappa shape index (κ1) is 16.8. The number of hydrogen-bond donors (Lipinski definition) is 0. The summed E-state index contributed by atoms with van der Waals surface area (Å²) >= 11 is 0.